The standard InChI is InChI=1S/C12H21O/c1-11(2)9-4-6-12(11,3)10(8-9)5-7-13/h9-10H,4-8H2,1-3H3. The Morgan fingerprint density at radius 2 is 2.00 bits per heavy atom. The van der Waals surface area contributed by atoms with Crippen LogP contribution in [0.5, 0.6) is 0 Å². The smallest absolute Gasteiger partial charge is 0.0825 e. The molecule has 2 rings (SSSR count). The maximum absolute atomic E-state index is 10.7. The number of rotatable bonds is 2. The zero-order valence-electron chi connectivity index (χ0n) is 9.10. The van der Waals surface area contributed by atoms with Gasteiger partial charge in [0.15, 0.2) is 0 Å². The molecule has 2 fully saturated rings. The molecule has 13 heavy (non-hydrogen) atoms. The average Bonchev–Trinajstić information content (AvgIpc) is 2.37. The second-order valence-corrected chi connectivity index (χ2v) is 5.80. The second-order valence-electron chi connectivity index (χ2n) is 5.80. The predicted octanol–water partition coefficient (Wildman–Crippen LogP) is 3.27. The van der Waals surface area contributed by atoms with E-state index in [1.165, 1.54) is 19.3 Å². The first-order valence-electron chi connectivity index (χ1n) is 5.60. The van der Waals surface area contributed by atoms with E-state index in [9.17, 15) is 5.11 Å². The van der Waals surface area contributed by atoms with Crippen LogP contribution in [-0.2, 0) is 5.11 Å². The molecule has 0 spiro atoms. The van der Waals surface area contributed by atoms with Crippen LogP contribution in [0, 0.1) is 22.7 Å². The van der Waals surface area contributed by atoms with Crippen LogP contribution in [0.3, 0.4) is 0 Å². The fraction of sp³-hybridized carbons (Fsp3) is 1.00. The Labute approximate surface area is 81.5 Å². The van der Waals surface area contributed by atoms with Crippen molar-refractivity contribution >= 4 is 0 Å². The van der Waals surface area contributed by atoms with Gasteiger partial charge in [-0.1, -0.05) is 20.8 Å². The molecule has 0 N–H and O–H groups in total. The Balaban J connectivity index is 2.22. The van der Waals surface area contributed by atoms with E-state index in [4.69, 9.17) is 0 Å². The molecule has 2 aliphatic carbocycles. The first-order chi connectivity index (χ1) is 6.02. The fourth-order valence-electron chi connectivity index (χ4n) is 3.95. The van der Waals surface area contributed by atoms with Gasteiger partial charge >= 0.3 is 0 Å². The van der Waals surface area contributed by atoms with Gasteiger partial charge in [-0.2, -0.15) is 0 Å². The third-order valence-electron chi connectivity index (χ3n) is 5.44. The molecule has 0 aromatic rings. The molecule has 0 saturated heterocycles. The lowest BCUT2D eigenvalue weighted by atomic mass is 9.66. The van der Waals surface area contributed by atoms with Crippen molar-refractivity contribution in [1.29, 1.82) is 0 Å². The zero-order chi connectivity index (χ0) is 9.69. The second kappa shape index (κ2) is 2.73. The number of fused-ring (bicyclic) bond motifs is 2. The summed E-state index contributed by atoms with van der Waals surface area (Å²) in [6.07, 6.45) is 5.00. The van der Waals surface area contributed by atoms with E-state index in [2.05, 4.69) is 20.8 Å². The van der Waals surface area contributed by atoms with Crippen LogP contribution < -0.4 is 0 Å². The van der Waals surface area contributed by atoms with Crippen molar-refractivity contribution in [3.05, 3.63) is 0 Å². The summed E-state index contributed by atoms with van der Waals surface area (Å²) in [4.78, 5) is 0. The van der Waals surface area contributed by atoms with Crippen molar-refractivity contribution in [2.24, 2.45) is 22.7 Å². The van der Waals surface area contributed by atoms with Crippen LogP contribution in [0.25, 0.3) is 0 Å². The van der Waals surface area contributed by atoms with Gasteiger partial charge in [-0.05, 0) is 48.3 Å². The van der Waals surface area contributed by atoms with Gasteiger partial charge in [0, 0.05) is 0 Å². The van der Waals surface area contributed by atoms with Crippen LogP contribution in [0.4, 0.5) is 0 Å². The first kappa shape index (κ1) is 9.51. The molecular formula is C12H21O. The Kier molecular flexibility index (Phi) is 1.99. The van der Waals surface area contributed by atoms with E-state index >= 15 is 0 Å². The van der Waals surface area contributed by atoms with Crippen LogP contribution in [0.15, 0.2) is 0 Å². The summed E-state index contributed by atoms with van der Waals surface area (Å²) < 4.78 is 0. The van der Waals surface area contributed by atoms with Crippen molar-refractivity contribution < 1.29 is 5.11 Å². The van der Waals surface area contributed by atoms with Gasteiger partial charge in [0.25, 0.3) is 0 Å². The molecule has 0 aromatic carbocycles. The molecule has 3 atom stereocenters. The van der Waals surface area contributed by atoms with Crippen molar-refractivity contribution in [3.8, 4) is 0 Å². The lowest BCUT2D eigenvalue weighted by molar-refractivity contribution is 0.0725. The monoisotopic (exact) mass is 181 g/mol. The molecule has 1 radical (unpaired) electrons. The normalized spacial score (nSPS) is 47.1. The summed E-state index contributed by atoms with van der Waals surface area (Å²) in [5.74, 6) is 1.62. The minimum atomic E-state index is 0.128. The summed E-state index contributed by atoms with van der Waals surface area (Å²) in [6, 6.07) is 0. The Morgan fingerprint density at radius 3 is 2.38 bits per heavy atom. The van der Waals surface area contributed by atoms with E-state index in [1.54, 1.807) is 0 Å². The summed E-state index contributed by atoms with van der Waals surface area (Å²) in [6.45, 7) is 7.37. The zero-order valence-corrected chi connectivity index (χ0v) is 9.10. The van der Waals surface area contributed by atoms with Crippen LogP contribution >= 0.6 is 0 Å². The van der Waals surface area contributed by atoms with Crippen molar-refractivity contribution in [2.75, 3.05) is 6.61 Å². The van der Waals surface area contributed by atoms with E-state index in [0.29, 0.717) is 10.8 Å². The molecule has 3 unspecified atom stereocenters. The summed E-state index contributed by atoms with van der Waals surface area (Å²) in [5, 5.41) is 10.7. The molecule has 2 saturated carbocycles. The maximum Gasteiger partial charge on any atom is 0.0825 e. The van der Waals surface area contributed by atoms with E-state index in [0.717, 1.165) is 18.3 Å². The molecule has 0 heterocycles. The van der Waals surface area contributed by atoms with E-state index in [1.807, 2.05) is 0 Å². The van der Waals surface area contributed by atoms with Crippen LogP contribution in [0.2, 0.25) is 0 Å². The highest BCUT2D eigenvalue weighted by Crippen LogP contribution is 2.68. The van der Waals surface area contributed by atoms with Gasteiger partial charge in [-0.15, -0.1) is 0 Å². The van der Waals surface area contributed by atoms with Crippen LogP contribution in [0.1, 0.15) is 46.5 Å². The molecular weight excluding hydrogens is 160 g/mol. The van der Waals surface area contributed by atoms with Gasteiger partial charge in [-0.3, -0.25) is 0 Å². The minimum absolute atomic E-state index is 0.128. The Morgan fingerprint density at radius 1 is 1.31 bits per heavy atom. The topological polar surface area (TPSA) is 19.9 Å². The molecule has 1 nitrogen and oxygen atoms in total. The largest absolute Gasteiger partial charge is 0.237 e. The Hall–Kier alpha value is -0.0400. The number of hydrogen-bond acceptors (Lipinski definition) is 0. The van der Waals surface area contributed by atoms with Gasteiger partial charge in [0.05, 0.1) is 6.61 Å². The SMILES string of the molecule is CC1(C)C2CCC1(C)C(CC[O])C2. The van der Waals surface area contributed by atoms with E-state index < -0.39 is 0 Å². The van der Waals surface area contributed by atoms with Crippen molar-refractivity contribution in [2.45, 2.75) is 46.5 Å². The number of hydrogen-bond donors (Lipinski definition) is 0. The van der Waals surface area contributed by atoms with Gasteiger partial charge in [0.1, 0.15) is 0 Å². The maximum atomic E-state index is 10.7. The molecule has 0 amide bonds. The molecule has 0 aromatic heterocycles. The minimum Gasteiger partial charge on any atom is -0.237 e. The lowest BCUT2D eigenvalue weighted by Crippen LogP contribution is -2.32. The molecule has 75 valence electrons. The molecule has 0 aliphatic heterocycles. The first-order valence-corrected chi connectivity index (χ1v) is 5.60. The molecule has 1 heteroatoms. The summed E-state index contributed by atoms with van der Waals surface area (Å²) >= 11 is 0. The highest BCUT2D eigenvalue weighted by atomic mass is 16.3. The third-order valence-corrected chi connectivity index (χ3v) is 5.44. The van der Waals surface area contributed by atoms with Crippen molar-refractivity contribution in [1.82, 2.24) is 0 Å². The highest BCUT2D eigenvalue weighted by Gasteiger charge is 2.60. The fourth-order valence-corrected chi connectivity index (χ4v) is 3.95. The Bertz CT molecular complexity index is 209. The van der Waals surface area contributed by atoms with Crippen LogP contribution in [-0.4, -0.2) is 6.61 Å². The molecule has 2 aliphatic rings. The lowest BCUT2D eigenvalue weighted by Gasteiger charge is -2.39. The third kappa shape index (κ3) is 1.03. The quantitative estimate of drug-likeness (QED) is 0.623. The van der Waals surface area contributed by atoms with E-state index in [-0.39, 0.29) is 6.61 Å². The average molecular weight is 181 g/mol. The highest BCUT2D eigenvalue weighted by molar-refractivity contribution is 5.09. The molecule has 2 bridgehead atoms. The van der Waals surface area contributed by atoms with Crippen molar-refractivity contribution in [3.63, 3.8) is 0 Å². The van der Waals surface area contributed by atoms with Gasteiger partial charge in [0.2, 0.25) is 0 Å². The predicted molar refractivity (Wildman–Crippen MR) is 52.9 cm³/mol. The summed E-state index contributed by atoms with van der Waals surface area (Å²) in [5.41, 5.74) is 0.967. The summed E-state index contributed by atoms with van der Waals surface area (Å²) in [7, 11) is 0. The van der Waals surface area contributed by atoms with Gasteiger partial charge in [-0.25, -0.2) is 5.11 Å². The van der Waals surface area contributed by atoms with Gasteiger partial charge < -0.3 is 0 Å².